The number of carbonyl (C=O) groups excluding carboxylic acids is 2. The molecule has 0 spiro atoms. The highest BCUT2D eigenvalue weighted by atomic mass is 16.5. The first-order chi connectivity index (χ1) is 11.7. The zero-order chi connectivity index (χ0) is 16.9. The maximum Gasteiger partial charge on any atom is 0.338 e. The summed E-state index contributed by atoms with van der Waals surface area (Å²) in [5.74, 6) is -0.813. The van der Waals surface area contributed by atoms with Crippen LogP contribution in [-0.2, 0) is 17.6 Å². The summed E-state index contributed by atoms with van der Waals surface area (Å²) in [4.78, 5) is 24.3. The Morgan fingerprint density at radius 1 is 1.00 bits per heavy atom. The number of Topliss-reactive ketones (excluding diaryl/α,β-unsaturated/α-hetero) is 1. The fourth-order valence-electron chi connectivity index (χ4n) is 2.92. The topological polar surface area (TPSA) is 67.2 Å². The van der Waals surface area contributed by atoms with E-state index >= 15 is 0 Å². The van der Waals surface area contributed by atoms with Gasteiger partial charge in [0.15, 0.2) is 12.4 Å². The first-order valence-corrected chi connectivity index (χ1v) is 7.99. The number of ether oxygens (including phenoxy) is 1. The Kier molecular flexibility index (Phi) is 4.72. The van der Waals surface area contributed by atoms with E-state index in [1.165, 1.54) is 23.6 Å². The van der Waals surface area contributed by atoms with Gasteiger partial charge in [-0.15, -0.1) is 0 Å². The van der Waals surface area contributed by atoms with Gasteiger partial charge in [0.25, 0.3) is 0 Å². The molecule has 24 heavy (non-hydrogen) atoms. The highest BCUT2D eigenvalue weighted by Gasteiger charge is 2.15. The molecule has 2 aromatic carbocycles. The number of hydrogen-bond acceptors (Lipinski definition) is 4. The SMILES string of the molecule is N#Cc1cccc(C(=O)OCC(=O)c2ccc3c(c2)CCCC3)c1. The van der Waals surface area contributed by atoms with Crippen molar-refractivity contribution in [2.45, 2.75) is 25.7 Å². The normalized spacial score (nSPS) is 12.8. The highest BCUT2D eigenvalue weighted by molar-refractivity contribution is 5.99. The van der Waals surface area contributed by atoms with Crippen LogP contribution in [0.5, 0.6) is 0 Å². The molecule has 2 aromatic rings. The van der Waals surface area contributed by atoms with Crippen LogP contribution < -0.4 is 0 Å². The number of ketones is 1. The molecule has 0 aromatic heterocycles. The third kappa shape index (κ3) is 3.52. The number of hydrogen-bond donors (Lipinski definition) is 0. The summed E-state index contributed by atoms with van der Waals surface area (Å²) >= 11 is 0. The molecular weight excluding hydrogens is 302 g/mol. The molecule has 0 bridgehead atoms. The second-order valence-corrected chi connectivity index (χ2v) is 5.88. The Morgan fingerprint density at radius 2 is 1.79 bits per heavy atom. The van der Waals surface area contributed by atoms with E-state index in [9.17, 15) is 9.59 Å². The lowest BCUT2D eigenvalue weighted by molar-refractivity contribution is 0.0474. The monoisotopic (exact) mass is 319 g/mol. The summed E-state index contributed by atoms with van der Waals surface area (Å²) < 4.78 is 5.09. The maximum absolute atomic E-state index is 12.3. The van der Waals surface area contributed by atoms with Gasteiger partial charge in [-0.3, -0.25) is 4.79 Å². The van der Waals surface area contributed by atoms with Gasteiger partial charge in [0.1, 0.15) is 0 Å². The molecule has 0 aliphatic heterocycles. The first-order valence-electron chi connectivity index (χ1n) is 7.99. The molecule has 0 saturated heterocycles. The van der Waals surface area contributed by atoms with Gasteiger partial charge in [-0.2, -0.15) is 5.26 Å². The van der Waals surface area contributed by atoms with Crippen molar-refractivity contribution in [3.05, 3.63) is 70.3 Å². The summed E-state index contributed by atoms with van der Waals surface area (Å²) in [6.07, 6.45) is 4.40. The average Bonchev–Trinajstić information content (AvgIpc) is 2.65. The molecule has 120 valence electrons. The van der Waals surface area contributed by atoms with Crippen molar-refractivity contribution in [3.63, 3.8) is 0 Å². The van der Waals surface area contributed by atoms with Gasteiger partial charge in [-0.25, -0.2) is 4.79 Å². The quantitative estimate of drug-likeness (QED) is 0.639. The fourth-order valence-corrected chi connectivity index (χ4v) is 2.92. The van der Waals surface area contributed by atoms with Crippen molar-refractivity contribution in [1.29, 1.82) is 5.26 Å². The lowest BCUT2D eigenvalue weighted by Gasteiger charge is -2.16. The molecule has 0 amide bonds. The van der Waals surface area contributed by atoms with E-state index in [1.807, 2.05) is 18.2 Å². The molecule has 0 radical (unpaired) electrons. The van der Waals surface area contributed by atoms with Crippen molar-refractivity contribution in [3.8, 4) is 6.07 Å². The second kappa shape index (κ2) is 7.10. The molecule has 0 N–H and O–H groups in total. The summed E-state index contributed by atoms with van der Waals surface area (Å²) in [5.41, 5.74) is 3.76. The highest BCUT2D eigenvalue weighted by Crippen LogP contribution is 2.22. The fraction of sp³-hybridized carbons (Fsp3) is 0.250. The minimum absolute atomic E-state index is 0.215. The van der Waals surface area contributed by atoms with Gasteiger partial charge >= 0.3 is 5.97 Å². The van der Waals surface area contributed by atoms with Crippen molar-refractivity contribution in [1.82, 2.24) is 0 Å². The van der Waals surface area contributed by atoms with Gasteiger partial charge < -0.3 is 4.74 Å². The van der Waals surface area contributed by atoms with E-state index in [-0.39, 0.29) is 18.0 Å². The Hall–Kier alpha value is -2.93. The zero-order valence-corrected chi connectivity index (χ0v) is 13.2. The van der Waals surface area contributed by atoms with E-state index < -0.39 is 5.97 Å². The van der Waals surface area contributed by atoms with Crippen LogP contribution in [0.4, 0.5) is 0 Å². The largest absolute Gasteiger partial charge is 0.454 e. The Labute approximate surface area is 140 Å². The van der Waals surface area contributed by atoms with Crippen LogP contribution in [-0.4, -0.2) is 18.4 Å². The molecule has 3 rings (SSSR count). The number of aryl methyl sites for hydroxylation is 2. The molecule has 4 heteroatoms. The van der Waals surface area contributed by atoms with Gasteiger partial charge in [0, 0.05) is 5.56 Å². The molecule has 4 nitrogen and oxygen atoms in total. The number of carbonyl (C=O) groups is 2. The minimum Gasteiger partial charge on any atom is -0.454 e. The smallest absolute Gasteiger partial charge is 0.338 e. The average molecular weight is 319 g/mol. The second-order valence-electron chi connectivity index (χ2n) is 5.88. The van der Waals surface area contributed by atoms with E-state index in [0.717, 1.165) is 19.3 Å². The Balaban J connectivity index is 1.65. The van der Waals surface area contributed by atoms with Crippen molar-refractivity contribution < 1.29 is 14.3 Å². The van der Waals surface area contributed by atoms with Crippen LogP contribution in [0.1, 0.15) is 50.2 Å². The summed E-state index contributed by atoms with van der Waals surface area (Å²) in [5, 5.41) is 8.85. The first kappa shape index (κ1) is 15.9. The molecular formula is C20H17NO3. The van der Waals surface area contributed by atoms with E-state index in [0.29, 0.717) is 11.1 Å². The van der Waals surface area contributed by atoms with Crippen LogP contribution in [0.25, 0.3) is 0 Å². The lowest BCUT2D eigenvalue weighted by atomic mass is 9.90. The van der Waals surface area contributed by atoms with Crippen LogP contribution >= 0.6 is 0 Å². The van der Waals surface area contributed by atoms with Gasteiger partial charge in [-0.1, -0.05) is 18.2 Å². The number of fused-ring (bicyclic) bond motifs is 1. The van der Waals surface area contributed by atoms with Crippen molar-refractivity contribution in [2.75, 3.05) is 6.61 Å². The maximum atomic E-state index is 12.3. The van der Waals surface area contributed by atoms with Gasteiger partial charge in [0.2, 0.25) is 0 Å². The van der Waals surface area contributed by atoms with Crippen LogP contribution in [0.2, 0.25) is 0 Å². The van der Waals surface area contributed by atoms with E-state index in [4.69, 9.17) is 10.00 Å². The lowest BCUT2D eigenvalue weighted by Crippen LogP contribution is -2.15. The molecule has 1 aliphatic carbocycles. The van der Waals surface area contributed by atoms with Crippen LogP contribution in [0.15, 0.2) is 42.5 Å². The number of esters is 1. The molecule has 0 atom stereocenters. The van der Waals surface area contributed by atoms with E-state index in [1.54, 1.807) is 24.3 Å². The molecule has 0 saturated carbocycles. The third-order valence-corrected chi connectivity index (χ3v) is 4.23. The Bertz CT molecular complexity index is 833. The standard InChI is InChI=1S/C20H17NO3/c21-12-14-4-3-7-18(10-14)20(23)24-13-19(22)17-9-8-15-5-1-2-6-16(15)11-17/h3-4,7-11H,1-2,5-6,13H2. The summed E-state index contributed by atoms with van der Waals surface area (Å²) in [6.45, 7) is -0.297. The minimum atomic E-state index is -0.599. The van der Waals surface area contributed by atoms with Crippen molar-refractivity contribution in [2.24, 2.45) is 0 Å². The Morgan fingerprint density at radius 3 is 2.58 bits per heavy atom. The molecule has 0 heterocycles. The van der Waals surface area contributed by atoms with Gasteiger partial charge in [-0.05, 0) is 61.1 Å². The molecule has 1 aliphatic rings. The number of rotatable bonds is 4. The summed E-state index contributed by atoms with van der Waals surface area (Å²) in [6, 6.07) is 13.9. The zero-order valence-electron chi connectivity index (χ0n) is 13.2. The predicted molar refractivity (Wildman–Crippen MR) is 88.9 cm³/mol. The van der Waals surface area contributed by atoms with Crippen molar-refractivity contribution >= 4 is 11.8 Å². The van der Waals surface area contributed by atoms with Gasteiger partial charge in [0.05, 0.1) is 17.2 Å². The summed E-state index contributed by atoms with van der Waals surface area (Å²) in [7, 11) is 0. The third-order valence-electron chi connectivity index (χ3n) is 4.23. The van der Waals surface area contributed by atoms with Crippen LogP contribution in [0.3, 0.4) is 0 Å². The number of benzene rings is 2. The predicted octanol–water partition coefficient (Wildman–Crippen LogP) is 3.48. The van der Waals surface area contributed by atoms with Crippen LogP contribution in [0, 0.1) is 11.3 Å². The van der Waals surface area contributed by atoms with E-state index in [2.05, 4.69) is 0 Å². The number of nitriles is 1. The molecule has 0 fully saturated rings. The number of nitrogens with zero attached hydrogens (tertiary/aromatic N) is 1. The molecule has 0 unspecified atom stereocenters.